The predicted molar refractivity (Wildman–Crippen MR) is 166 cm³/mol. The summed E-state index contributed by atoms with van der Waals surface area (Å²) in [5.41, 5.74) is 9.15. The Labute approximate surface area is 256 Å². The fourth-order valence-electron chi connectivity index (χ4n) is 4.84. The monoisotopic (exact) mass is 599 g/mol. The molecule has 1 aliphatic rings. The van der Waals surface area contributed by atoms with Gasteiger partial charge in [-0.3, -0.25) is 9.59 Å². The number of amides is 1. The highest BCUT2D eigenvalue weighted by Gasteiger charge is 2.54. The van der Waals surface area contributed by atoms with Crippen molar-refractivity contribution in [3.63, 3.8) is 0 Å². The van der Waals surface area contributed by atoms with Gasteiger partial charge in [0.25, 0.3) is 5.91 Å². The van der Waals surface area contributed by atoms with Gasteiger partial charge in [0.05, 0.1) is 13.2 Å². The second-order valence-electron chi connectivity index (χ2n) is 11.3. The molecule has 0 unspecified atom stereocenters. The molecule has 1 heterocycles. The lowest BCUT2D eigenvalue weighted by atomic mass is 9.81. The minimum absolute atomic E-state index is 0.0209. The van der Waals surface area contributed by atoms with Crippen molar-refractivity contribution in [3.05, 3.63) is 106 Å². The number of aliphatic hydroxyl groups excluding tert-OH is 1. The van der Waals surface area contributed by atoms with E-state index in [1.165, 1.54) is 0 Å². The van der Waals surface area contributed by atoms with Crippen LogP contribution in [0.15, 0.2) is 89.0 Å². The molecule has 2 atom stereocenters. The van der Waals surface area contributed by atoms with E-state index >= 15 is 0 Å². The molecular weight excluding hydrogens is 562 g/mol. The van der Waals surface area contributed by atoms with Gasteiger partial charge in [0.2, 0.25) is 5.90 Å². The summed E-state index contributed by atoms with van der Waals surface area (Å²) in [6.07, 6.45) is -0.584. The molecule has 11 heteroatoms. The summed E-state index contributed by atoms with van der Waals surface area (Å²) in [7, 11) is 0. The first-order valence-electron chi connectivity index (χ1n) is 14.4. The topological polar surface area (TPSA) is 155 Å². The van der Waals surface area contributed by atoms with E-state index in [-0.39, 0.29) is 31.9 Å². The molecule has 44 heavy (non-hydrogen) atoms. The highest BCUT2D eigenvalue weighted by atomic mass is 16.6. The average molecular weight is 600 g/mol. The van der Waals surface area contributed by atoms with E-state index in [0.29, 0.717) is 41.2 Å². The lowest BCUT2D eigenvalue weighted by Gasteiger charge is -2.31. The third-order valence-corrected chi connectivity index (χ3v) is 6.83. The second-order valence-corrected chi connectivity index (χ2v) is 11.3. The van der Waals surface area contributed by atoms with Crippen molar-refractivity contribution in [1.29, 1.82) is 0 Å². The molecule has 0 aliphatic carbocycles. The number of nitrogens with zero attached hydrogens (tertiary/aromatic N) is 4. The Hall–Kier alpha value is -4.86. The number of carbonyl (C=O) groups excluding carboxylic acids is 2. The number of hydrogen-bond acceptors (Lipinski definition) is 8. The van der Waals surface area contributed by atoms with E-state index in [1.54, 1.807) is 75.4 Å². The van der Waals surface area contributed by atoms with Crippen LogP contribution in [0.25, 0.3) is 10.4 Å². The maximum atomic E-state index is 14.3. The number of para-hydroxylation sites is 1. The van der Waals surface area contributed by atoms with Crippen LogP contribution >= 0.6 is 0 Å². The van der Waals surface area contributed by atoms with Gasteiger partial charge in [0.15, 0.2) is 11.6 Å². The predicted octanol–water partition coefficient (Wildman–Crippen LogP) is 6.28. The number of nitrogens with one attached hydrogen (secondary N) is 1. The Balaban J connectivity index is 1.80. The zero-order valence-electron chi connectivity index (χ0n) is 25.1. The lowest BCUT2D eigenvalue weighted by Crippen LogP contribution is -2.45. The van der Waals surface area contributed by atoms with Crippen LogP contribution in [0.2, 0.25) is 0 Å². The maximum Gasteiger partial charge on any atom is 0.306 e. The van der Waals surface area contributed by atoms with Gasteiger partial charge in [-0.2, -0.15) is 0 Å². The van der Waals surface area contributed by atoms with Crippen molar-refractivity contribution >= 4 is 23.5 Å². The standard InChI is InChI=1S/C33H37N5O6/c1-32(2,3)44-28(40)18-19-33(31(41)36-25-11-5-4-6-12-25)29(27-13-8-7-10-24(27)22-35-38-34)43-30(37-33)23-14-16-26(17-15-23)42-21-9-20-39/h4-8,10-17,29,39H,9,18-22H2,1-3H3,(H,36,41)/t29-,33-/m1/s1. The zero-order chi connectivity index (χ0) is 31.6. The summed E-state index contributed by atoms with van der Waals surface area (Å²) >= 11 is 0. The van der Waals surface area contributed by atoms with Crippen molar-refractivity contribution < 1.29 is 28.9 Å². The van der Waals surface area contributed by atoms with Gasteiger partial charge in [0.1, 0.15) is 11.4 Å². The minimum atomic E-state index is -1.59. The van der Waals surface area contributed by atoms with E-state index < -0.39 is 29.1 Å². The van der Waals surface area contributed by atoms with Gasteiger partial charge in [-0.25, -0.2) is 4.99 Å². The number of anilines is 1. The molecule has 0 saturated heterocycles. The number of carbonyl (C=O) groups is 2. The number of aliphatic hydroxyl groups is 1. The molecule has 0 bridgehead atoms. The normalized spacial score (nSPS) is 17.5. The van der Waals surface area contributed by atoms with E-state index in [1.807, 2.05) is 24.3 Å². The van der Waals surface area contributed by atoms with Crippen LogP contribution in [0.1, 0.15) is 62.8 Å². The second kappa shape index (κ2) is 14.5. The molecule has 230 valence electrons. The molecule has 11 nitrogen and oxygen atoms in total. The first-order valence-corrected chi connectivity index (χ1v) is 14.4. The molecule has 0 radical (unpaired) electrons. The fourth-order valence-corrected chi connectivity index (χ4v) is 4.84. The van der Waals surface area contributed by atoms with E-state index in [9.17, 15) is 9.59 Å². The maximum absolute atomic E-state index is 14.3. The molecule has 3 aromatic carbocycles. The quantitative estimate of drug-likeness (QED) is 0.0775. The zero-order valence-corrected chi connectivity index (χ0v) is 25.1. The first kappa shape index (κ1) is 32.1. The SMILES string of the molecule is CC(C)(C)OC(=O)CC[C@@]1(C(=O)Nc2ccccc2)N=C(c2ccc(OCCCO)cc2)O[C@@H]1c1ccccc1CN=[N+]=[N-]. The van der Waals surface area contributed by atoms with Crippen molar-refractivity contribution in [2.24, 2.45) is 10.1 Å². The van der Waals surface area contributed by atoms with Crippen LogP contribution in [-0.2, 0) is 25.6 Å². The van der Waals surface area contributed by atoms with E-state index in [0.717, 1.165) is 0 Å². The van der Waals surface area contributed by atoms with Gasteiger partial charge in [-0.05, 0) is 80.2 Å². The molecular formula is C33H37N5O6. The Morgan fingerprint density at radius 3 is 2.45 bits per heavy atom. The third-order valence-electron chi connectivity index (χ3n) is 6.83. The van der Waals surface area contributed by atoms with Crippen LogP contribution in [0.4, 0.5) is 5.69 Å². The number of hydrogen-bond donors (Lipinski definition) is 2. The molecule has 3 aromatic rings. The Morgan fingerprint density at radius 1 is 1.07 bits per heavy atom. The molecule has 0 saturated carbocycles. The van der Waals surface area contributed by atoms with Crippen molar-refractivity contribution in [2.75, 3.05) is 18.5 Å². The first-order chi connectivity index (χ1) is 21.1. The third kappa shape index (κ3) is 8.15. The molecule has 1 amide bonds. The van der Waals surface area contributed by atoms with Crippen LogP contribution in [-0.4, -0.2) is 47.2 Å². The molecule has 0 fully saturated rings. The minimum Gasteiger partial charge on any atom is -0.494 e. The number of rotatable bonds is 13. The molecule has 2 N–H and O–H groups in total. The Kier molecular flexibility index (Phi) is 10.6. The average Bonchev–Trinajstić information content (AvgIpc) is 3.40. The lowest BCUT2D eigenvalue weighted by molar-refractivity contribution is -0.155. The molecule has 0 spiro atoms. The van der Waals surface area contributed by atoms with Gasteiger partial charge < -0.3 is 24.6 Å². The summed E-state index contributed by atoms with van der Waals surface area (Å²) in [4.78, 5) is 35.1. The van der Waals surface area contributed by atoms with E-state index in [2.05, 4.69) is 15.3 Å². The number of esters is 1. The highest BCUT2D eigenvalue weighted by molar-refractivity contribution is 6.05. The molecule has 1 aliphatic heterocycles. The van der Waals surface area contributed by atoms with Crippen molar-refractivity contribution in [3.8, 4) is 5.75 Å². The van der Waals surface area contributed by atoms with Gasteiger partial charge >= 0.3 is 5.97 Å². The highest BCUT2D eigenvalue weighted by Crippen LogP contribution is 2.45. The largest absolute Gasteiger partial charge is 0.494 e. The fraction of sp³-hybridized carbons (Fsp3) is 0.364. The molecule has 0 aromatic heterocycles. The Morgan fingerprint density at radius 2 is 1.77 bits per heavy atom. The van der Waals surface area contributed by atoms with E-state index in [4.69, 9.17) is 29.8 Å². The van der Waals surface area contributed by atoms with Crippen molar-refractivity contribution in [2.45, 2.75) is 63.8 Å². The van der Waals surface area contributed by atoms with Gasteiger partial charge in [-0.1, -0.05) is 47.6 Å². The number of aliphatic imine (C=N–C) groups is 1. The summed E-state index contributed by atoms with van der Waals surface area (Å²) in [6, 6.07) is 23.3. The molecule has 4 rings (SSSR count). The van der Waals surface area contributed by atoms with Crippen LogP contribution in [0.5, 0.6) is 5.75 Å². The summed E-state index contributed by atoms with van der Waals surface area (Å²) < 4.78 is 17.8. The number of azide groups is 1. The summed E-state index contributed by atoms with van der Waals surface area (Å²) in [5.74, 6) is -0.119. The van der Waals surface area contributed by atoms with Gasteiger partial charge in [0, 0.05) is 35.6 Å². The van der Waals surface area contributed by atoms with Crippen LogP contribution < -0.4 is 10.1 Å². The Bertz CT molecular complexity index is 1510. The smallest absolute Gasteiger partial charge is 0.306 e. The van der Waals surface area contributed by atoms with Crippen LogP contribution in [0, 0.1) is 0 Å². The number of benzene rings is 3. The van der Waals surface area contributed by atoms with Crippen LogP contribution in [0.3, 0.4) is 0 Å². The summed E-state index contributed by atoms with van der Waals surface area (Å²) in [6.45, 7) is 5.77. The van der Waals surface area contributed by atoms with Crippen molar-refractivity contribution in [1.82, 2.24) is 0 Å². The number of ether oxygens (including phenoxy) is 3. The van der Waals surface area contributed by atoms with Gasteiger partial charge in [-0.15, -0.1) is 0 Å². The summed E-state index contributed by atoms with van der Waals surface area (Å²) in [5, 5.41) is 15.8.